The Morgan fingerprint density at radius 3 is 1.50 bits per heavy atom. The molecule has 1 atom stereocenters. The maximum atomic E-state index is 12.5. The average Bonchev–Trinajstić information content (AvgIpc) is 2.17. The molecular formula is C14H34N2O3Si3. The molecule has 0 bridgehead atoms. The van der Waals surface area contributed by atoms with Gasteiger partial charge in [0.25, 0.3) is 0 Å². The van der Waals surface area contributed by atoms with E-state index < -0.39 is 41.6 Å². The predicted octanol–water partition coefficient (Wildman–Crippen LogP) is 2.92. The van der Waals surface area contributed by atoms with Crippen molar-refractivity contribution in [2.45, 2.75) is 76.9 Å². The van der Waals surface area contributed by atoms with E-state index in [1.165, 1.54) is 0 Å². The largest absolute Gasteiger partial charge is 0.480 e. The lowest BCUT2D eigenvalue weighted by molar-refractivity contribution is -0.143. The first-order valence-electron chi connectivity index (χ1n) is 7.80. The second-order valence-corrected chi connectivity index (χ2v) is 24.4. The van der Waals surface area contributed by atoms with Gasteiger partial charge in [-0.2, -0.15) is 0 Å². The lowest BCUT2D eigenvalue weighted by atomic mass is 10.1. The van der Waals surface area contributed by atoms with E-state index in [1.54, 1.807) is 0 Å². The second kappa shape index (κ2) is 6.58. The Hall–Kier alpha value is -0.449. The molecule has 3 N–H and O–H groups in total. The van der Waals surface area contributed by atoms with E-state index >= 15 is 0 Å². The summed E-state index contributed by atoms with van der Waals surface area (Å²) in [5, 5.41) is 9.32. The van der Waals surface area contributed by atoms with Gasteiger partial charge in [-0.3, -0.25) is 9.59 Å². The summed E-state index contributed by atoms with van der Waals surface area (Å²) >= 11 is 0. The number of carbonyl (C=O) groups is 2. The van der Waals surface area contributed by atoms with Crippen LogP contribution in [0.5, 0.6) is 0 Å². The molecule has 22 heavy (non-hydrogen) atoms. The molecule has 0 aliphatic rings. The van der Waals surface area contributed by atoms with Crippen LogP contribution in [0.3, 0.4) is 0 Å². The van der Waals surface area contributed by atoms with Crippen LogP contribution in [0.15, 0.2) is 0 Å². The number of primary amides is 1. The van der Waals surface area contributed by atoms with Crippen LogP contribution in [-0.4, -0.2) is 50.9 Å². The number of carbonyl (C=O) groups excluding carboxylic acids is 1. The number of amides is 1. The summed E-state index contributed by atoms with van der Waals surface area (Å²) in [5.41, 5.74) is 5.35. The molecule has 0 saturated carbocycles. The second-order valence-electron chi connectivity index (χ2n) is 9.06. The SMILES string of the molecule is C[Si](C)(C)N(C(CCC(N)=O)(C(=O)O)[Si](C)(C)C)[Si](C)(C)C. The quantitative estimate of drug-likeness (QED) is 0.650. The van der Waals surface area contributed by atoms with Crippen molar-refractivity contribution in [2.75, 3.05) is 0 Å². The number of rotatable bonds is 8. The molecule has 0 aliphatic heterocycles. The first-order chi connectivity index (χ1) is 9.48. The van der Waals surface area contributed by atoms with Crippen molar-refractivity contribution in [3.63, 3.8) is 0 Å². The van der Waals surface area contributed by atoms with Gasteiger partial charge in [-0.15, -0.1) is 0 Å². The zero-order valence-electron chi connectivity index (χ0n) is 15.7. The van der Waals surface area contributed by atoms with Gasteiger partial charge in [0.15, 0.2) is 0 Å². The maximum absolute atomic E-state index is 12.5. The summed E-state index contributed by atoms with van der Waals surface area (Å²) in [5.74, 6) is -1.20. The van der Waals surface area contributed by atoms with Gasteiger partial charge >= 0.3 is 5.97 Å². The molecule has 1 unspecified atom stereocenters. The highest BCUT2D eigenvalue weighted by atomic mass is 28.4. The summed E-state index contributed by atoms with van der Waals surface area (Å²) < 4.78 is 2.37. The third kappa shape index (κ3) is 4.53. The van der Waals surface area contributed by atoms with Gasteiger partial charge in [0, 0.05) is 6.42 Å². The van der Waals surface area contributed by atoms with Crippen molar-refractivity contribution in [1.29, 1.82) is 0 Å². The molecule has 130 valence electrons. The number of nitrogens with zero attached hydrogens (tertiary/aromatic N) is 1. The van der Waals surface area contributed by atoms with E-state index in [9.17, 15) is 14.7 Å². The molecular weight excluding hydrogens is 328 g/mol. The van der Waals surface area contributed by atoms with E-state index in [0.29, 0.717) is 6.42 Å². The van der Waals surface area contributed by atoms with E-state index in [4.69, 9.17) is 5.73 Å². The molecule has 0 rings (SSSR count). The van der Waals surface area contributed by atoms with Crippen LogP contribution in [0.4, 0.5) is 0 Å². The fraction of sp³-hybridized carbons (Fsp3) is 0.857. The van der Waals surface area contributed by atoms with Crippen LogP contribution in [0.1, 0.15) is 12.8 Å². The predicted molar refractivity (Wildman–Crippen MR) is 101 cm³/mol. The monoisotopic (exact) mass is 362 g/mol. The molecule has 0 aromatic heterocycles. The summed E-state index contributed by atoms with van der Waals surface area (Å²) in [4.78, 5) is 23.9. The minimum Gasteiger partial charge on any atom is -0.480 e. The number of nitrogens with two attached hydrogens (primary N) is 1. The molecule has 0 heterocycles. The standard InChI is InChI=1S/C14H34N2O3Si3/c1-20(2,3)14(13(18)19,11-10-12(15)17)16(21(4,5)6)22(7,8)9/h10-11H2,1-9H3,(H2,15,17)(H,18,19). The van der Waals surface area contributed by atoms with Crippen LogP contribution >= 0.6 is 0 Å². The number of carboxylic acids is 1. The Kier molecular flexibility index (Phi) is 6.45. The zero-order chi connectivity index (χ0) is 18.1. The Bertz CT molecular complexity index is 422. The zero-order valence-corrected chi connectivity index (χ0v) is 18.7. The molecule has 0 fully saturated rings. The van der Waals surface area contributed by atoms with Gasteiger partial charge in [-0.25, -0.2) is 0 Å². The highest BCUT2D eigenvalue weighted by molar-refractivity contribution is 6.94. The van der Waals surface area contributed by atoms with E-state index in [0.717, 1.165) is 0 Å². The molecule has 0 saturated heterocycles. The van der Waals surface area contributed by atoms with E-state index in [-0.39, 0.29) is 6.42 Å². The summed E-state index contributed by atoms with van der Waals surface area (Å²) in [6, 6.07) is 0. The molecule has 5 nitrogen and oxygen atoms in total. The van der Waals surface area contributed by atoms with E-state index in [2.05, 4.69) is 63.2 Å². The van der Waals surface area contributed by atoms with Gasteiger partial charge in [0.1, 0.15) is 16.5 Å². The fourth-order valence-corrected chi connectivity index (χ4v) is 20.8. The number of hydrogen-bond acceptors (Lipinski definition) is 3. The first-order valence-corrected chi connectivity index (χ1v) is 18.2. The third-order valence-corrected chi connectivity index (χ3v) is 15.1. The van der Waals surface area contributed by atoms with Gasteiger partial charge in [0.2, 0.25) is 5.91 Å². The van der Waals surface area contributed by atoms with Crippen molar-refractivity contribution >= 4 is 36.4 Å². The summed E-state index contributed by atoms with van der Waals surface area (Å²) in [7, 11) is -5.97. The molecule has 0 aromatic rings. The van der Waals surface area contributed by atoms with Crippen molar-refractivity contribution in [3.8, 4) is 0 Å². The minimum atomic E-state index is -2.16. The van der Waals surface area contributed by atoms with Gasteiger partial charge in [0.05, 0.1) is 13.2 Å². The maximum Gasteiger partial charge on any atom is 0.319 e. The Morgan fingerprint density at radius 1 is 0.955 bits per heavy atom. The first kappa shape index (κ1) is 21.6. The molecule has 8 heteroatoms. The van der Waals surface area contributed by atoms with Crippen molar-refractivity contribution in [3.05, 3.63) is 0 Å². The van der Waals surface area contributed by atoms with Crippen molar-refractivity contribution in [2.24, 2.45) is 5.73 Å². The summed E-state index contributed by atoms with van der Waals surface area (Å²) in [6.07, 6.45) is 0.448. The highest BCUT2D eigenvalue weighted by Crippen LogP contribution is 2.40. The van der Waals surface area contributed by atoms with E-state index in [1.807, 2.05) is 0 Å². The number of aliphatic carboxylic acids is 1. The van der Waals surface area contributed by atoms with Gasteiger partial charge in [-0.1, -0.05) is 58.9 Å². The van der Waals surface area contributed by atoms with Crippen LogP contribution in [0.2, 0.25) is 58.9 Å². The number of carboxylic acid groups (broad SMARTS) is 1. The van der Waals surface area contributed by atoms with Crippen LogP contribution in [0, 0.1) is 0 Å². The lowest BCUT2D eigenvalue weighted by Crippen LogP contribution is -2.79. The van der Waals surface area contributed by atoms with Crippen LogP contribution in [-0.2, 0) is 9.59 Å². The smallest absolute Gasteiger partial charge is 0.319 e. The lowest BCUT2D eigenvalue weighted by Gasteiger charge is -2.58. The van der Waals surface area contributed by atoms with Crippen molar-refractivity contribution in [1.82, 2.24) is 4.23 Å². The third-order valence-electron chi connectivity index (χ3n) is 4.05. The fourth-order valence-electron chi connectivity index (χ4n) is 3.80. The normalized spacial score (nSPS) is 16.5. The van der Waals surface area contributed by atoms with Crippen molar-refractivity contribution < 1.29 is 14.7 Å². The summed E-state index contributed by atoms with van der Waals surface area (Å²) in [6.45, 7) is 19.5. The van der Waals surface area contributed by atoms with Gasteiger partial charge < -0.3 is 15.1 Å². The molecule has 0 aromatic carbocycles. The molecule has 0 radical (unpaired) electrons. The molecule has 1 amide bonds. The Balaban J connectivity index is 6.44. The Morgan fingerprint density at radius 2 is 1.32 bits per heavy atom. The average molecular weight is 363 g/mol. The molecule has 0 spiro atoms. The highest BCUT2D eigenvalue weighted by Gasteiger charge is 2.59. The molecule has 0 aliphatic carbocycles. The Labute approximate surface area is 138 Å². The minimum absolute atomic E-state index is 0.127. The topological polar surface area (TPSA) is 83.6 Å². The number of hydrogen-bond donors (Lipinski definition) is 2. The van der Waals surface area contributed by atoms with Crippen LogP contribution in [0.25, 0.3) is 0 Å². The van der Waals surface area contributed by atoms with Crippen LogP contribution < -0.4 is 5.73 Å². The van der Waals surface area contributed by atoms with Gasteiger partial charge in [-0.05, 0) is 6.42 Å².